The minimum Gasteiger partial charge on any atom is -0.329 e. The zero-order valence-corrected chi connectivity index (χ0v) is 14.4. The average molecular weight is 346 g/mol. The van der Waals surface area contributed by atoms with Gasteiger partial charge in [0.25, 0.3) is 0 Å². The van der Waals surface area contributed by atoms with E-state index in [1.54, 1.807) is 0 Å². The molecule has 1 aromatic heterocycles. The van der Waals surface area contributed by atoms with Gasteiger partial charge < -0.3 is 10.6 Å². The van der Waals surface area contributed by atoms with Crippen LogP contribution in [-0.4, -0.2) is 49.6 Å². The topological polar surface area (TPSA) is 32.5 Å². The van der Waals surface area contributed by atoms with Crippen molar-refractivity contribution in [2.24, 2.45) is 5.73 Å². The molecule has 0 saturated carbocycles. The highest BCUT2D eigenvalue weighted by Crippen LogP contribution is 2.33. The van der Waals surface area contributed by atoms with Crippen molar-refractivity contribution in [3.05, 3.63) is 20.3 Å². The Kier molecular flexibility index (Phi) is 5.43. The summed E-state index contributed by atoms with van der Waals surface area (Å²) in [5, 5.41) is 0. The van der Waals surface area contributed by atoms with Crippen molar-refractivity contribution in [1.82, 2.24) is 9.80 Å². The third-order valence-corrected chi connectivity index (χ3v) is 6.37. The van der Waals surface area contributed by atoms with Gasteiger partial charge in [0.2, 0.25) is 0 Å². The number of thiophene rings is 1. The second-order valence-electron chi connectivity index (χ2n) is 5.52. The van der Waals surface area contributed by atoms with E-state index in [2.05, 4.69) is 52.8 Å². The predicted molar refractivity (Wildman–Crippen MR) is 86.8 cm³/mol. The standard InChI is InChI=1S/C14H24BrN3S/c1-10-12(15)7-14(19-10)13(8-16)18(3)9-11-5-4-6-17(11)2/h7,11,13H,4-6,8-9,16H2,1-3H3. The Labute approximate surface area is 128 Å². The first-order valence-electron chi connectivity index (χ1n) is 6.89. The molecule has 2 atom stereocenters. The molecular formula is C14H24BrN3S. The fraction of sp³-hybridized carbons (Fsp3) is 0.714. The second-order valence-corrected chi connectivity index (χ2v) is 7.66. The van der Waals surface area contributed by atoms with Gasteiger partial charge in [0.1, 0.15) is 0 Å². The van der Waals surface area contributed by atoms with Crippen LogP contribution in [0.3, 0.4) is 0 Å². The molecule has 0 aliphatic carbocycles. The maximum atomic E-state index is 6.01. The molecule has 1 aliphatic rings. The molecule has 1 aliphatic heterocycles. The summed E-state index contributed by atoms with van der Waals surface area (Å²) in [6.45, 7) is 5.16. The van der Waals surface area contributed by atoms with Gasteiger partial charge in [-0.05, 0) is 62.4 Å². The van der Waals surface area contributed by atoms with Crippen molar-refractivity contribution in [3.8, 4) is 0 Å². The Morgan fingerprint density at radius 2 is 2.37 bits per heavy atom. The van der Waals surface area contributed by atoms with Gasteiger partial charge in [0.15, 0.2) is 0 Å². The number of hydrogen-bond acceptors (Lipinski definition) is 4. The number of rotatable bonds is 5. The fourth-order valence-corrected chi connectivity index (χ4v) is 4.57. The number of nitrogens with two attached hydrogens (primary N) is 1. The fourth-order valence-electron chi connectivity index (χ4n) is 2.83. The van der Waals surface area contributed by atoms with Crippen LogP contribution in [0.15, 0.2) is 10.5 Å². The van der Waals surface area contributed by atoms with Crippen LogP contribution < -0.4 is 5.73 Å². The van der Waals surface area contributed by atoms with Crippen LogP contribution in [0, 0.1) is 6.92 Å². The van der Waals surface area contributed by atoms with Crippen LogP contribution in [0.4, 0.5) is 0 Å². The van der Waals surface area contributed by atoms with E-state index in [0.717, 1.165) is 6.54 Å². The van der Waals surface area contributed by atoms with Crippen LogP contribution in [-0.2, 0) is 0 Å². The molecule has 2 rings (SSSR count). The number of hydrogen-bond donors (Lipinski definition) is 1. The van der Waals surface area contributed by atoms with Gasteiger partial charge in [-0.1, -0.05) is 0 Å². The Balaban J connectivity index is 2.04. The summed E-state index contributed by atoms with van der Waals surface area (Å²) >= 11 is 5.46. The summed E-state index contributed by atoms with van der Waals surface area (Å²) in [6.07, 6.45) is 2.64. The summed E-state index contributed by atoms with van der Waals surface area (Å²) in [4.78, 5) is 7.60. The van der Waals surface area contributed by atoms with Crippen LogP contribution >= 0.6 is 27.3 Å². The smallest absolute Gasteiger partial charge is 0.0562 e. The summed E-state index contributed by atoms with van der Waals surface area (Å²) in [7, 11) is 4.43. The quantitative estimate of drug-likeness (QED) is 0.890. The molecule has 0 aromatic carbocycles. The first-order valence-corrected chi connectivity index (χ1v) is 8.50. The lowest BCUT2D eigenvalue weighted by atomic mass is 10.1. The van der Waals surface area contributed by atoms with Crippen LogP contribution in [0.2, 0.25) is 0 Å². The average Bonchev–Trinajstić information content (AvgIpc) is 2.89. The SMILES string of the molecule is Cc1sc(C(CN)N(C)CC2CCCN2C)cc1Br. The monoisotopic (exact) mass is 345 g/mol. The number of likely N-dealkylation sites (N-methyl/N-ethyl adjacent to an activating group) is 2. The lowest BCUT2D eigenvalue weighted by Gasteiger charge is -2.31. The number of nitrogens with zero attached hydrogens (tertiary/aromatic N) is 2. The molecule has 0 amide bonds. The van der Waals surface area contributed by atoms with Crippen molar-refractivity contribution < 1.29 is 0 Å². The van der Waals surface area contributed by atoms with Gasteiger partial charge in [-0.15, -0.1) is 11.3 Å². The summed E-state index contributed by atoms with van der Waals surface area (Å²) < 4.78 is 1.21. The molecule has 2 heterocycles. The maximum absolute atomic E-state index is 6.01. The van der Waals surface area contributed by atoms with E-state index in [4.69, 9.17) is 5.73 Å². The second kappa shape index (κ2) is 6.68. The largest absolute Gasteiger partial charge is 0.329 e. The molecule has 0 radical (unpaired) electrons. The summed E-state index contributed by atoms with van der Waals surface area (Å²) in [5.41, 5.74) is 6.01. The Morgan fingerprint density at radius 3 is 2.84 bits per heavy atom. The van der Waals surface area contributed by atoms with Gasteiger partial charge in [-0.25, -0.2) is 0 Å². The maximum Gasteiger partial charge on any atom is 0.0562 e. The van der Waals surface area contributed by atoms with E-state index in [9.17, 15) is 0 Å². The molecule has 2 unspecified atom stereocenters. The highest BCUT2D eigenvalue weighted by molar-refractivity contribution is 9.10. The molecule has 0 bridgehead atoms. The van der Waals surface area contributed by atoms with Crippen molar-refractivity contribution in [2.75, 3.05) is 33.7 Å². The van der Waals surface area contributed by atoms with Crippen LogP contribution in [0.5, 0.6) is 0 Å². The lowest BCUT2D eigenvalue weighted by Crippen LogP contribution is -2.40. The minimum atomic E-state index is 0.337. The van der Waals surface area contributed by atoms with E-state index in [0.29, 0.717) is 18.6 Å². The van der Waals surface area contributed by atoms with Crippen molar-refractivity contribution in [2.45, 2.75) is 31.8 Å². The first kappa shape index (κ1) is 15.4. The zero-order valence-electron chi connectivity index (χ0n) is 12.0. The van der Waals surface area contributed by atoms with Gasteiger partial charge in [-0.2, -0.15) is 0 Å². The summed E-state index contributed by atoms with van der Waals surface area (Å²) in [5.74, 6) is 0. The molecule has 1 fully saturated rings. The molecule has 3 nitrogen and oxygen atoms in total. The van der Waals surface area contributed by atoms with Crippen LogP contribution in [0.25, 0.3) is 0 Å². The molecule has 1 aromatic rings. The third kappa shape index (κ3) is 3.58. The van der Waals surface area contributed by atoms with E-state index < -0.39 is 0 Å². The minimum absolute atomic E-state index is 0.337. The Morgan fingerprint density at radius 1 is 1.63 bits per heavy atom. The number of likely N-dealkylation sites (tertiary alicyclic amines) is 1. The first-order chi connectivity index (χ1) is 9.02. The van der Waals surface area contributed by atoms with Gasteiger partial charge in [0, 0.05) is 33.4 Å². The van der Waals surface area contributed by atoms with E-state index in [-0.39, 0.29) is 0 Å². The molecule has 5 heteroatoms. The summed E-state index contributed by atoms with van der Waals surface area (Å²) in [6, 6.07) is 3.25. The molecule has 0 spiro atoms. The van der Waals surface area contributed by atoms with Gasteiger partial charge in [0.05, 0.1) is 6.04 Å². The van der Waals surface area contributed by atoms with Crippen molar-refractivity contribution in [1.29, 1.82) is 0 Å². The molecule has 19 heavy (non-hydrogen) atoms. The third-order valence-electron chi connectivity index (χ3n) is 4.13. The van der Waals surface area contributed by atoms with E-state index >= 15 is 0 Å². The van der Waals surface area contributed by atoms with E-state index in [1.807, 2.05) is 11.3 Å². The Bertz CT molecular complexity index is 401. The predicted octanol–water partition coefficient (Wildman–Crippen LogP) is 2.84. The molecule has 1 saturated heterocycles. The van der Waals surface area contributed by atoms with Crippen LogP contribution in [0.1, 0.15) is 28.6 Å². The highest BCUT2D eigenvalue weighted by atomic mass is 79.9. The Hall–Kier alpha value is 0.0600. The van der Waals surface area contributed by atoms with Gasteiger partial charge in [-0.3, -0.25) is 4.90 Å². The number of halogens is 1. The zero-order chi connectivity index (χ0) is 14.0. The normalized spacial score (nSPS) is 22.3. The lowest BCUT2D eigenvalue weighted by molar-refractivity contribution is 0.181. The van der Waals surface area contributed by atoms with Gasteiger partial charge >= 0.3 is 0 Å². The molecule has 108 valence electrons. The van der Waals surface area contributed by atoms with E-state index in [1.165, 1.54) is 33.6 Å². The molecule has 2 N–H and O–H groups in total. The number of aryl methyl sites for hydroxylation is 1. The van der Waals surface area contributed by atoms with Crippen molar-refractivity contribution in [3.63, 3.8) is 0 Å². The van der Waals surface area contributed by atoms with Crippen molar-refractivity contribution >= 4 is 27.3 Å². The highest BCUT2D eigenvalue weighted by Gasteiger charge is 2.26. The molecular weight excluding hydrogens is 322 g/mol.